The lowest BCUT2D eigenvalue weighted by Gasteiger charge is -2.11. The predicted octanol–water partition coefficient (Wildman–Crippen LogP) is 5.26. The fraction of sp³-hybridized carbons (Fsp3) is 0.0476. The molecule has 0 bridgehead atoms. The minimum atomic E-state index is -0.415. The van der Waals surface area contributed by atoms with Crippen LogP contribution in [0.25, 0.3) is 22.3 Å². The highest BCUT2D eigenvalue weighted by Gasteiger charge is 2.11. The normalized spacial score (nSPS) is 10.7. The second-order valence-corrected chi connectivity index (χ2v) is 6.21. The van der Waals surface area contributed by atoms with Gasteiger partial charge in [-0.05, 0) is 31.2 Å². The molecule has 0 aliphatic heterocycles. The van der Waals surface area contributed by atoms with Gasteiger partial charge in [0, 0.05) is 28.8 Å². The molecule has 0 aliphatic carbocycles. The summed E-state index contributed by atoms with van der Waals surface area (Å²) in [6.07, 6.45) is 0. The molecule has 4 rings (SSSR count). The Balaban J connectivity index is 1.84. The summed E-state index contributed by atoms with van der Waals surface area (Å²) in [6.45, 7) is 2.02. The van der Waals surface area contributed by atoms with E-state index in [0.29, 0.717) is 17.3 Å². The van der Waals surface area contributed by atoms with E-state index in [9.17, 15) is 10.1 Å². The summed E-state index contributed by atoms with van der Waals surface area (Å²) >= 11 is 0. The number of benzene rings is 3. The van der Waals surface area contributed by atoms with Crippen LogP contribution in [-0.2, 0) is 0 Å². The van der Waals surface area contributed by atoms with Crippen LogP contribution in [0.5, 0.6) is 0 Å². The number of rotatable bonds is 4. The molecule has 0 unspecified atom stereocenters. The van der Waals surface area contributed by atoms with Gasteiger partial charge in [0.25, 0.3) is 5.69 Å². The Morgan fingerprint density at radius 1 is 0.926 bits per heavy atom. The van der Waals surface area contributed by atoms with Gasteiger partial charge in [0.2, 0.25) is 0 Å². The minimum absolute atomic E-state index is 0.0252. The molecule has 0 saturated heterocycles. The monoisotopic (exact) mass is 356 g/mol. The largest absolute Gasteiger partial charge is 0.339 e. The highest BCUT2D eigenvalue weighted by molar-refractivity contribution is 5.92. The van der Waals surface area contributed by atoms with Crippen LogP contribution in [0, 0.1) is 17.0 Å². The standard InChI is InChI=1S/C21H16N4O2/c1-14-6-4-7-15(12-14)20-23-19-11-3-2-10-18(19)21(24-20)22-16-8-5-9-17(13-16)25(26)27/h2-13H,1H3,(H,22,23,24). The molecule has 0 aliphatic rings. The van der Waals surface area contributed by atoms with Gasteiger partial charge < -0.3 is 5.32 Å². The molecular formula is C21H16N4O2. The maximum atomic E-state index is 11.0. The number of aryl methyl sites for hydroxylation is 1. The van der Waals surface area contributed by atoms with E-state index in [2.05, 4.69) is 15.3 Å². The van der Waals surface area contributed by atoms with E-state index in [1.807, 2.05) is 55.5 Å². The Hall–Kier alpha value is -3.80. The molecular weight excluding hydrogens is 340 g/mol. The zero-order valence-electron chi connectivity index (χ0n) is 14.6. The van der Waals surface area contributed by atoms with Gasteiger partial charge in [0.1, 0.15) is 5.82 Å². The molecule has 1 aromatic heterocycles. The van der Waals surface area contributed by atoms with Crippen LogP contribution >= 0.6 is 0 Å². The topological polar surface area (TPSA) is 81.0 Å². The van der Waals surface area contributed by atoms with Gasteiger partial charge >= 0.3 is 0 Å². The Labute approximate surface area is 155 Å². The van der Waals surface area contributed by atoms with E-state index in [1.165, 1.54) is 12.1 Å². The number of anilines is 2. The maximum Gasteiger partial charge on any atom is 0.271 e. The second kappa shape index (κ2) is 6.84. The third kappa shape index (κ3) is 3.46. The highest BCUT2D eigenvalue weighted by atomic mass is 16.6. The number of para-hydroxylation sites is 1. The molecule has 0 saturated carbocycles. The van der Waals surface area contributed by atoms with Crippen LogP contribution in [0.3, 0.4) is 0 Å². The molecule has 4 aromatic rings. The summed E-state index contributed by atoms with van der Waals surface area (Å²) in [5.41, 5.74) is 3.47. The number of nitrogens with one attached hydrogen (secondary N) is 1. The molecule has 6 nitrogen and oxygen atoms in total. The first-order chi connectivity index (χ1) is 13.1. The van der Waals surface area contributed by atoms with E-state index < -0.39 is 4.92 Å². The van der Waals surface area contributed by atoms with E-state index in [4.69, 9.17) is 0 Å². The number of hydrogen-bond acceptors (Lipinski definition) is 5. The fourth-order valence-corrected chi connectivity index (χ4v) is 2.92. The molecule has 132 valence electrons. The van der Waals surface area contributed by atoms with Gasteiger partial charge in [-0.3, -0.25) is 10.1 Å². The third-order valence-corrected chi connectivity index (χ3v) is 4.20. The molecule has 0 radical (unpaired) electrons. The van der Waals surface area contributed by atoms with Crippen LogP contribution in [0.4, 0.5) is 17.2 Å². The first kappa shape index (κ1) is 16.7. The average Bonchev–Trinajstić information content (AvgIpc) is 2.68. The first-order valence-electron chi connectivity index (χ1n) is 8.45. The van der Waals surface area contributed by atoms with Crippen molar-refractivity contribution in [2.24, 2.45) is 0 Å². The van der Waals surface area contributed by atoms with Gasteiger partial charge in [-0.2, -0.15) is 0 Å². The van der Waals surface area contributed by atoms with Crippen molar-refractivity contribution < 1.29 is 4.92 Å². The molecule has 3 aromatic carbocycles. The molecule has 0 spiro atoms. The van der Waals surface area contributed by atoms with Crippen LogP contribution in [0.15, 0.2) is 72.8 Å². The average molecular weight is 356 g/mol. The van der Waals surface area contributed by atoms with Crippen LogP contribution in [0.2, 0.25) is 0 Å². The van der Waals surface area contributed by atoms with Crippen molar-refractivity contribution >= 4 is 28.1 Å². The van der Waals surface area contributed by atoms with Crippen molar-refractivity contribution in [3.63, 3.8) is 0 Å². The van der Waals surface area contributed by atoms with E-state index in [-0.39, 0.29) is 5.69 Å². The molecule has 0 fully saturated rings. The molecule has 6 heteroatoms. The molecule has 0 atom stereocenters. The summed E-state index contributed by atoms with van der Waals surface area (Å²) in [4.78, 5) is 20.0. The third-order valence-electron chi connectivity index (χ3n) is 4.20. The lowest BCUT2D eigenvalue weighted by Crippen LogP contribution is -2.00. The van der Waals surface area contributed by atoms with Gasteiger partial charge in [-0.25, -0.2) is 9.97 Å². The molecule has 0 amide bonds. The second-order valence-electron chi connectivity index (χ2n) is 6.21. The Kier molecular flexibility index (Phi) is 4.22. The zero-order chi connectivity index (χ0) is 18.8. The number of non-ortho nitro benzene ring substituents is 1. The zero-order valence-corrected chi connectivity index (χ0v) is 14.6. The summed E-state index contributed by atoms with van der Waals surface area (Å²) in [5.74, 6) is 1.21. The van der Waals surface area contributed by atoms with Crippen molar-refractivity contribution in [3.05, 3.63) is 88.5 Å². The lowest BCUT2D eigenvalue weighted by molar-refractivity contribution is -0.384. The van der Waals surface area contributed by atoms with Gasteiger partial charge in [-0.1, -0.05) is 42.0 Å². The van der Waals surface area contributed by atoms with Crippen molar-refractivity contribution in [1.29, 1.82) is 0 Å². The quantitative estimate of drug-likeness (QED) is 0.398. The summed E-state index contributed by atoms with van der Waals surface area (Å²) in [7, 11) is 0. The fourth-order valence-electron chi connectivity index (χ4n) is 2.92. The molecule has 27 heavy (non-hydrogen) atoms. The number of nitrogens with zero attached hydrogens (tertiary/aromatic N) is 3. The smallest absolute Gasteiger partial charge is 0.271 e. The lowest BCUT2D eigenvalue weighted by atomic mass is 10.1. The van der Waals surface area contributed by atoms with Gasteiger partial charge in [0.05, 0.1) is 10.4 Å². The van der Waals surface area contributed by atoms with Crippen molar-refractivity contribution in [3.8, 4) is 11.4 Å². The predicted molar refractivity (Wildman–Crippen MR) is 106 cm³/mol. The Morgan fingerprint density at radius 2 is 1.74 bits per heavy atom. The number of nitro benzene ring substituents is 1. The van der Waals surface area contributed by atoms with Gasteiger partial charge in [0.15, 0.2) is 5.82 Å². The summed E-state index contributed by atoms with van der Waals surface area (Å²) in [6, 6.07) is 22.0. The Morgan fingerprint density at radius 3 is 2.56 bits per heavy atom. The molecule has 1 N–H and O–H groups in total. The van der Waals surface area contributed by atoms with Crippen molar-refractivity contribution in [2.75, 3.05) is 5.32 Å². The summed E-state index contributed by atoms with van der Waals surface area (Å²) in [5, 5.41) is 15.1. The maximum absolute atomic E-state index is 11.0. The van der Waals surface area contributed by atoms with Gasteiger partial charge in [-0.15, -0.1) is 0 Å². The number of aromatic nitrogens is 2. The SMILES string of the molecule is Cc1cccc(-c2nc(Nc3cccc([N+](=O)[O-])c3)c3ccccc3n2)c1. The van der Waals surface area contributed by atoms with Crippen molar-refractivity contribution in [2.45, 2.75) is 6.92 Å². The Bertz CT molecular complexity index is 1160. The molecule has 1 heterocycles. The number of hydrogen-bond donors (Lipinski definition) is 1. The van der Waals surface area contributed by atoms with Crippen LogP contribution in [-0.4, -0.2) is 14.9 Å². The van der Waals surface area contributed by atoms with E-state index in [0.717, 1.165) is 22.0 Å². The van der Waals surface area contributed by atoms with Crippen LogP contribution < -0.4 is 5.32 Å². The highest BCUT2D eigenvalue weighted by Crippen LogP contribution is 2.28. The van der Waals surface area contributed by atoms with Crippen LogP contribution in [0.1, 0.15) is 5.56 Å². The van der Waals surface area contributed by atoms with Crippen molar-refractivity contribution in [1.82, 2.24) is 9.97 Å². The number of nitro groups is 1. The number of fused-ring (bicyclic) bond motifs is 1. The van der Waals surface area contributed by atoms with E-state index in [1.54, 1.807) is 12.1 Å². The summed E-state index contributed by atoms with van der Waals surface area (Å²) < 4.78 is 0. The first-order valence-corrected chi connectivity index (χ1v) is 8.45. The minimum Gasteiger partial charge on any atom is -0.339 e. The van der Waals surface area contributed by atoms with E-state index >= 15 is 0 Å².